The van der Waals surface area contributed by atoms with Gasteiger partial charge in [0.05, 0.1) is 13.2 Å². The highest BCUT2D eigenvalue weighted by Crippen LogP contribution is 2.30. The van der Waals surface area contributed by atoms with E-state index < -0.39 is 0 Å². The molecule has 226 valence electrons. The Balaban J connectivity index is 0.00000308. The van der Waals surface area contributed by atoms with Crippen LogP contribution in [0.5, 0.6) is 11.5 Å². The summed E-state index contributed by atoms with van der Waals surface area (Å²) < 4.78 is 17.9. The number of hydrogen-bond donors (Lipinski definition) is 2. The molecule has 4 aromatic rings. The quantitative estimate of drug-likeness (QED) is 0.0909. The zero-order valence-electron chi connectivity index (χ0n) is 24.7. The van der Waals surface area contributed by atoms with E-state index in [1.165, 1.54) is 0 Å². The van der Waals surface area contributed by atoms with Gasteiger partial charge in [-0.2, -0.15) is 0 Å². The fourth-order valence-electron chi connectivity index (χ4n) is 4.25. The number of nitrogens with two attached hydrogens (primary N) is 2. The van der Waals surface area contributed by atoms with Gasteiger partial charge in [0.1, 0.15) is 34.5 Å². The van der Waals surface area contributed by atoms with Crippen molar-refractivity contribution >= 4 is 47.5 Å². The predicted molar refractivity (Wildman–Crippen MR) is 179 cm³/mol. The highest BCUT2D eigenvalue weighted by atomic mass is 35.5. The van der Waals surface area contributed by atoms with Gasteiger partial charge in [0, 0.05) is 34.2 Å². The van der Waals surface area contributed by atoms with Gasteiger partial charge in [-0.3, -0.25) is 9.98 Å². The van der Waals surface area contributed by atoms with E-state index >= 15 is 0 Å². The molecule has 42 heavy (non-hydrogen) atoms. The summed E-state index contributed by atoms with van der Waals surface area (Å²) in [5.41, 5.74) is 15.8. The monoisotopic (exact) mass is 612 g/mol. The van der Waals surface area contributed by atoms with E-state index in [-0.39, 0.29) is 36.9 Å². The summed E-state index contributed by atoms with van der Waals surface area (Å²) in [4.78, 5) is 8.81. The van der Waals surface area contributed by atoms with E-state index in [0.29, 0.717) is 24.9 Å². The van der Waals surface area contributed by atoms with Crippen molar-refractivity contribution in [3.63, 3.8) is 0 Å². The molecule has 0 spiro atoms. The molecule has 0 aliphatic carbocycles. The Hall–Kier alpha value is -3.68. The Bertz CT molecular complexity index is 1450. The minimum absolute atomic E-state index is 0. The van der Waals surface area contributed by atoms with E-state index in [1.54, 1.807) is 0 Å². The third-order valence-corrected chi connectivity index (χ3v) is 6.22. The Kier molecular flexibility index (Phi) is 13.7. The average Bonchev–Trinajstić information content (AvgIpc) is 3.36. The van der Waals surface area contributed by atoms with E-state index in [1.807, 2.05) is 100 Å². The molecule has 0 saturated heterocycles. The number of aliphatic imine (C=N–C) groups is 2. The smallest absolute Gasteiger partial charge is 0.135 e. The van der Waals surface area contributed by atoms with Gasteiger partial charge in [-0.05, 0) is 120 Å². The van der Waals surface area contributed by atoms with Crippen LogP contribution in [0.15, 0.2) is 87.2 Å². The second kappa shape index (κ2) is 16.7. The van der Waals surface area contributed by atoms with Crippen LogP contribution in [0.2, 0.25) is 0 Å². The Labute approximate surface area is 261 Å². The predicted octanol–water partition coefficient (Wildman–Crippen LogP) is 7.80. The van der Waals surface area contributed by atoms with Crippen LogP contribution >= 0.6 is 24.8 Å². The SMILES string of the molecule is CC(C)N=C(N)c1ccc(OCCCCCOc2ccc(-c3cc4cc(C(N)=NC(C)C)ccc4o3)cc2)cc1.Cl.Cl. The summed E-state index contributed by atoms with van der Waals surface area (Å²) in [5.74, 6) is 3.58. The topological polar surface area (TPSA) is 108 Å². The Morgan fingerprint density at radius 1 is 0.667 bits per heavy atom. The first kappa shape index (κ1) is 34.5. The third kappa shape index (κ3) is 10.00. The molecule has 0 bridgehead atoms. The molecule has 0 radical (unpaired) electrons. The zero-order valence-corrected chi connectivity index (χ0v) is 26.3. The van der Waals surface area contributed by atoms with Crippen molar-refractivity contribution in [3.05, 3.63) is 83.9 Å². The van der Waals surface area contributed by atoms with Crippen molar-refractivity contribution in [3.8, 4) is 22.8 Å². The highest BCUT2D eigenvalue weighted by Gasteiger charge is 2.09. The van der Waals surface area contributed by atoms with Crippen LogP contribution in [0, 0.1) is 0 Å². The first-order valence-electron chi connectivity index (χ1n) is 14.0. The van der Waals surface area contributed by atoms with Crippen molar-refractivity contribution < 1.29 is 13.9 Å². The number of ether oxygens (including phenoxy) is 2. The Morgan fingerprint density at radius 3 is 1.71 bits per heavy atom. The maximum absolute atomic E-state index is 6.14. The van der Waals surface area contributed by atoms with Gasteiger partial charge in [0.25, 0.3) is 0 Å². The molecule has 7 nitrogen and oxygen atoms in total. The van der Waals surface area contributed by atoms with Gasteiger partial charge in [-0.15, -0.1) is 24.8 Å². The minimum atomic E-state index is 0. The molecule has 0 unspecified atom stereocenters. The number of rotatable bonds is 13. The number of amidine groups is 2. The second-order valence-electron chi connectivity index (χ2n) is 10.4. The maximum Gasteiger partial charge on any atom is 0.135 e. The van der Waals surface area contributed by atoms with Crippen molar-refractivity contribution in [2.75, 3.05) is 13.2 Å². The summed E-state index contributed by atoms with van der Waals surface area (Å²) in [6.07, 6.45) is 2.95. The summed E-state index contributed by atoms with van der Waals surface area (Å²) in [5, 5.41) is 0.997. The molecule has 0 aliphatic rings. The maximum atomic E-state index is 6.14. The molecule has 0 fully saturated rings. The van der Waals surface area contributed by atoms with Crippen LogP contribution in [0.25, 0.3) is 22.3 Å². The van der Waals surface area contributed by atoms with Gasteiger partial charge in [-0.25, -0.2) is 0 Å². The number of unbranched alkanes of at least 4 members (excludes halogenated alkanes) is 2. The molecule has 4 rings (SSSR count). The number of hydrogen-bond acceptors (Lipinski definition) is 5. The lowest BCUT2D eigenvalue weighted by atomic mass is 10.1. The van der Waals surface area contributed by atoms with Gasteiger partial charge in [-0.1, -0.05) is 0 Å². The number of fused-ring (bicyclic) bond motifs is 1. The third-order valence-electron chi connectivity index (χ3n) is 6.22. The largest absolute Gasteiger partial charge is 0.494 e. The second-order valence-corrected chi connectivity index (χ2v) is 10.4. The summed E-state index contributed by atoms with van der Waals surface area (Å²) >= 11 is 0. The van der Waals surface area contributed by atoms with Gasteiger partial charge < -0.3 is 25.4 Å². The van der Waals surface area contributed by atoms with E-state index in [9.17, 15) is 0 Å². The zero-order chi connectivity index (χ0) is 28.5. The fraction of sp³-hybridized carbons (Fsp3) is 0.333. The fourth-order valence-corrected chi connectivity index (χ4v) is 4.25. The molecule has 1 heterocycles. The Morgan fingerprint density at radius 2 is 1.17 bits per heavy atom. The van der Waals surface area contributed by atoms with Crippen LogP contribution in [0.4, 0.5) is 0 Å². The molecule has 0 atom stereocenters. The minimum Gasteiger partial charge on any atom is -0.494 e. The normalized spacial score (nSPS) is 11.9. The summed E-state index contributed by atoms with van der Waals surface area (Å²) in [7, 11) is 0. The molecule has 0 saturated carbocycles. The van der Waals surface area contributed by atoms with Crippen molar-refractivity contribution in [2.45, 2.75) is 59.0 Å². The van der Waals surface area contributed by atoms with Crippen molar-refractivity contribution in [2.24, 2.45) is 21.5 Å². The molecule has 0 amide bonds. The van der Waals surface area contributed by atoms with Crippen LogP contribution in [0.3, 0.4) is 0 Å². The number of benzene rings is 3. The summed E-state index contributed by atoms with van der Waals surface area (Å²) in [6, 6.07) is 24.0. The summed E-state index contributed by atoms with van der Waals surface area (Å²) in [6.45, 7) is 9.36. The lowest BCUT2D eigenvalue weighted by Crippen LogP contribution is -2.15. The van der Waals surface area contributed by atoms with Crippen molar-refractivity contribution in [1.82, 2.24) is 0 Å². The highest BCUT2D eigenvalue weighted by molar-refractivity contribution is 6.01. The number of nitrogens with zero attached hydrogens (tertiary/aromatic N) is 2. The lowest BCUT2D eigenvalue weighted by molar-refractivity contribution is 0.279. The van der Waals surface area contributed by atoms with Gasteiger partial charge >= 0.3 is 0 Å². The van der Waals surface area contributed by atoms with Crippen LogP contribution in [-0.2, 0) is 0 Å². The van der Waals surface area contributed by atoms with Gasteiger partial charge in [0.15, 0.2) is 0 Å². The first-order valence-corrected chi connectivity index (χ1v) is 14.0. The molecule has 1 aromatic heterocycles. The van der Waals surface area contributed by atoms with E-state index in [0.717, 1.165) is 64.2 Å². The molecule has 3 aromatic carbocycles. The number of halogens is 2. The van der Waals surface area contributed by atoms with Crippen LogP contribution in [-0.4, -0.2) is 37.0 Å². The molecule has 4 N–H and O–H groups in total. The molecule has 0 aliphatic heterocycles. The molecular weight excluding hydrogens is 571 g/mol. The van der Waals surface area contributed by atoms with E-state index in [4.69, 9.17) is 25.4 Å². The van der Waals surface area contributed by atoms with E-state index in [2.05, 4.69) is 9.98 Å². The van der Waals surface area contributed by atoms with Gasteiger partial charge in [0.2, 0.25) is 0 Å². The standard InChI is InChI=1S/C33H40N4O3.2ClH/c1-22(2)36-32(34)25-10-15-29(16-11-25)39-19-7-5-6-18-38-28-13-8-24(9-14-28)31-21-27-20-26(12-17-30(27)40-31)33(35)37-23(3)4;;/h8-17,20-23H,5-7,18-19H2,1-4H3,(H2,34,36)(H2,35,37);2*1H. The lowest BCUT2D eigenvalue weighted by Gasteiger charge is -2.09. The van der Waals surface area contributed by atoms with Crippen LogP contribution < -0.4 is 20.9 Å². The average molecular weight is 614 g/mol. The van der Waals surface area contributed by atoms with Crippen molar-refractivity contribution in [1.29, 1.82) is 0 Å². The molecule has 9 heteroatoms. The van der Waals surface area contributed by atoms with Crippen LogP contribution in [0.1, 0.15) is 58.1 Å². The first-order chi connectivity index (χ1) is 19.3. The number of furan rings is 1. The molecular formula is C33H42Cl2N4O3.